The highest BCUT2D eigenvalue weighted by Gasteiger charge is 2.26. The first-order valence-corrected chi connectivity index (χ1v) is 10.9. The Morgan fingerprint density at radius 3 is 2.30 bits per heavy atom. The molecule has 30 heavy (non-hydrogen) atoms. The zero-order valence-electron chi connectivity index (χ0n) is 16.7. The number of sulfonamides is 1. The van der Waals surface area contributed by atoms with Crippen LogP contribution in [0.15, 0.2) is 77.7 Å². The molecule has 5 nitrogen and oxygen atoms in total. The molecule has 3 aromatic carbocycles. The van der Waals surface area contributed by atoms with Crippen molar-refractivity contribution in [2.45, 2.75) is 31.2 Å². The largest absolute Gasteiger partial charge is 0.324 e. The Morgan fingerprint density at radius 2 is 1.63 bits per heavy atom. The summed E-state index contributed by atoms with van der Waals surface area (Å²) in [5.41, 5.74) is 3.27. The predicted molar refractivity (Wildman–Crippen MR) is 115 cm³/mol. The minimum atomic E-state index is -4.03. The highest BCUT2D eigenvalue weighted by atomic mass is 32.2. The number of hydrogen-bond donors (Lipinski definition) is 2. The third kappa shape index (κ3) is 5.52. The highest BCUT2D eigenvalue weighted by Crippen LogP contribution is 2.18. The standard InChI is InChI=1S/C23H23FN2O3S/c1-16-8-9-17(2)21(14-16)25-23(27)22(15-18-6-4-3-5-7-18)26-30(28,29)20-12-10-19(24)11-13-20/h3-14,22,26H,15H2,1-2H3,(H,25,27)/t22-/m0/s1. The number of aryl methyl sites for hydroxylation is 2. The molecule has 0 spiro atoms. The fourth-order valence-electron chi connectivity index (χ4n) is 3.00. The molecule has 0 radical (unpaired) electrons. The molecule has 7 heteroatoms. The van der Waals surface area contributed by atoms with Crippen molar-refractivity contribution in [3.05, 3.63) is 95.3 Å². The molecule has 3 aromatic rings. The minimum absolute atomic E-state index is 0.110. The van der Waals surface area contributed by atoms with Crippen molar-refractivity contribution < 1.29 is 17.6 Å². The van der Waals surface area contributed by atoms with Gasteiger partial charge in [-0.05, 0) is 67.3 Å². The van der Waals surface area contributed by atoms with Gasteiger partial charge in [0.1, 0.15) is 11.9 Å². The molecule has 3 rings (SSSR count). The van der Waals surface area contributed by atoms with Gasteiger partial charge in [-0.3, -0.25) is 4.79 Å². The van der Waals surface area contributed by atoms with Crippen LogP contribution in [0.3, 0.4) is 0 Å². The van der Waals surface area contributed by atoms with Crippen molar-refractivity contribution in [1.82, 2.24) is 4.72 Å². The minimum Gasteiger partial charge on any atom is -0.324 e. The lowest BCUT2D eigenvalue weighted by atomic mass is 10.1. The summed E-state index contributed by atoms with van der Waals surface area (Å²) in [5, 5.41) is 2.83. The monoisotopic (exact) mass is 426 g/mol. The fourth-order valence-corrected chi connectivity index (χ4v) is 4.19. The van der Waals surface area contributed by atoms with E-state index < -0.39 is 27.8 Å². The summed E-state index contributed by atoms with van der Waals surface area (Å²) in [6.45, 7) is 3.78. The van der Waals surface area contributed by atoms with Crippen LogP contribution >= 0.6 is 0 Å². The second kappa shape index (κ2) is 9.19. The van der Waals surface area contributed by atoms with E-state index in [0.29, 0.717) is 5.69 Å². The molecule has 0 heterocycles. The zero-order valence-corrected chi connectivity index (χ0v) is 17.5. The van der Waals surface area contributed by atoms with Crippen LogP contribution in [0, 0.1) is 19.7 Å². The number of benzene rings is 3. The van der Waals surface area contributed by atoms with Crippen molar-refractivity contribution in [3.63, 3.8) is 0 Å². The number of carbonyl (C=O) groups excluding carboxylic acids is 1. The van der Waals surface area contributed by atoms with Gasteiger partial charge in [0, 0.05) is 5.69 Å². The van der Waals surface area contributed by atoms with Crippen molar-refractivity contribution in [3.8, 4) is 0 Å². The van der Waals surface area contributed by atoms with E-state index in [1.807, 2.05) is 62.4 Å². The second-order valence-corrected chi connectivity index (χ2v) is 8.84. The van der Waals surface area contributed by atoms with Crippen molar-refractivity contribution in [2.24, 2.45) is 0 Å². The average molecular weight is 427 g/mol. The Morgan fingerprint density at radius 1 is 0.967 bits per heavy atom. The Kier molecular flexibility index (Phi) is 6.64. The topological polar surface area (TPSA) is 75.3 Å². The van der Waals surface area contributed by atoms with Gasteiger partial charge in [-0.15, -0.1) is 0 Å². The van der Waals surface area contributed by atoms with Crippen LogP contribution in [0.1, 0.15) is 16.7 Å². The molecule has 2 N–H and O–H groups in total. The van der Waals surface area contributed by atoms with Crippen LogP contribution in [-0.4, -0.2) is 20.4 Å². The first-order valence-electron chi connectivity index (χ1n) is 9.44. The van der Waals surface area contributed by atoms with Crippen LogP contribution < -0.4 is 10.0 Å². The molecule has 0 saturated carbocycles. The molecule has 1 amide bonds. The number of amides is 1. The van der Waals surface area contributed by atoms with Gasteiger partial charge in [0.15, 0.2) is 0 Å². The first-order chi connectivity index (χ1) is 14.2. The van der Waals surface area contributed by atoms with Crippen LogP contribution in [-0.2, 0) is 21.2 Å². The molecule has 0 bridgehead atoms. The summed E-state index contributed by atoms with van der Waals surface area (Å²) >= 11 is 0. The smallest absolute Gasteiger partial charge is 0.242 e. The molecule has 0 aliphatic carbocycles. The van der Waals surface area contributed by atoms with E-state index in [9.17, 15) is 17.6 Å². The maximum Gasteiger partial charge on any atom is 0.242 e. The summed E-state index contributed by atoms with van der Waals surface area (Å²) in [5.74, 6) is -1.01. The van der Waals surface area contributed by atoms with Crippen LogP contribution in [0.4, 0.5) is 10.1 Å². The van der Waals surface area contributed by atoms with Crippen LogP contribution in [0.25, 0.3) is 0 Å². The summed E-state index contributed by atoms with van der Waals surface area (Å²) in [6, 6.07) is 18.2. The Bertz CT molecular complexity index is 1130. The van der Waals surface area contributed by atoms with Gasteiger partial charge in [0.25, 0.3) is 0 Å². The highest BCUT2D eigenvalue weighted by molar-refractivity contribution is 7.89. The number of nitrogens with one attached hydrogen (secondary N) is 2. The molecular formula is C23H23FN2O3S. The van der Waals surface area contributed by atoms with Crippen molar-refractivity contribution >= 4 is 21.6 Å². The summed E-state index contributed by atoms with van der Waals surface area (Å²) in [7, 11) is -4.03. The number of halogens is 1. The van der Waals surface area contributed by atoms with Crippen molar-refractivity contribution in [1.29, 1.82) is 0 Å². The van der Waals surface area contributed by atoms with Gasteiger partial charge < -0.3 is 5.32 Å². The summed E-state index contributed by atoms with van der Waals surface area (Å²) < 4.78 is 41.3. The van der Waals surface area contributed by atoms with E-state index in [4.69, 9.17) is 0 Å². The molecule has 0 aromatic heterocycles. The van der Waals surface area contributed by atoms with Gasteiger partial charge in [-0.25, -0.2) is 12.8 Å². The summed E-state index contributed by atoms with van der Waals surface area (Å²) in [4.78, 5) is 12.9. The lowest BCUT2D eigenvalue weighted by Crippen LogP contribution is -2.45. The molecule has 0 aliphatic rings. The van der Waals surface area contributed by atoms with Gasteiger partial charge in [-0.1, -0.05) is 42.5 Å². The number of anilines is 1. The van der Waals surface area contributed by atoms with E-state index in [-0.39, 0.29) is 11.3 Å². The Labute approximate surface area is 176 Å². The zero-order chi connectivity index (χ0) is 21.7. The Hall–Kier alpha value is -3.03. The average Bonchev–Trinajstić information content (AvgIpc) is 2.71. The van der Waals surface area contributed by atoms with E-state index in [1.54, 1.807) is 0 Å². The second-order valence-electron chi connectivity index (χ2n) is 7.13. The molecular weight excluding hydrogens is 403 g/mol. The number of hydrogen-bond acceptors (Lipinski definition) is 3. The van der Waals surface area contributed by atoms with E-state index in [2.05, 4.69) is 10.0 Å². The van der Waals surface area contributed by atoms with Gasteiger partial charge in [0.2, 0.25) is 15.9 Å². The van der Waals surface area contributed by atoms with Crippen LogP contribution in [0.2, 0.25) is 0 Å². The third-order valence-electron chi connectivity index (χ3n) is 4.67. The van der Waals surface area contributed by atoms with Gasteiger partial charge in [-0.2, -0.15) is 4.72 Å². The molecule has 156 valence electrons. The van der Waals surface area contributed by atoms with Crippen LogP contribution in [0.5, 0.6) is 0 Å². The van der Waals surface area contributed by atoms with Gasteiger partial charge >= 0.3 is 0 Å². The molecule has 0 unspecified atom stereocenters. The first kappa shape index (κ1) is 21.7. The lowest BCUT2D eigenvalue weighted by Gasteiger charge is -2.20. The van der Waals surface area contributed by atoms with Crippen molar-refractivity contribution in [2.75, 3.05) is 5.32 Å². The number of carbonyl (C=O) groups is 1. The molecule has 0 saturated heterocycles. The fraction of sp³-hybridized carbons (Fsp3) is 0.174. The SMILES string of the molecule is Cc1ccc(C)c(NC(=O)[C@H](Cc2ccccc2)NS(=O)(=O)c2ccc(F)cc2)c1. The molecule has 0 fully saturated rings. The quantitative estimate of drug-likeness (QED) is 0.600. The Balaban J connectivity index is 1.88. The third-order valence-corrected chi connectivity index (χ3v) is 6.16. The van der Waals surface area contributed by atoms with E-state index in [0.717, 1.165) is 28.8 Å². The normalized spacial score (nSPS) is 12.4. The lowest BCUT2D eigenvalue weighted by molar-refractivity contribution is -0.117. The maximum atomic E-state index is 13.2. The molecule has 1 atom stereocenters. The summed E-state index contributed by atoms with van der Waals surface area (Å²) in [6.07, 6.45) is 0.165. The maximum absolute atomic E-state index is 13.2. The van der Waals surface area contributed by atoms with E-state index in [1.165, 1.54) is 12.1 Å². The number of rotatable bonds is 7. The van der Waals surface area contributed by atoms with E-state index >= 15 is 0 Å². The molecule has 0 aliphatic heterocycles. The van der Waals surface area contributed by atoms with Gasteiger partial charge in [0.05, 0.1) is 4.90 Å². The predicted octanol–water partition coefficient (Wildman–Crippen LogP) is 3.97.